The van der Waals surface area contributed by atoms with E-state index in [1.54, 1.807) is 41.9 Å². The average molecular weight is 344 g/mol. The van der Waals surface area contributed by atoms with Crippen molar-refractivity contribution >= 4 is 34.5 Å². The Morgan fingerprint density at radius 1 is 1.22 bits per heavy atom. The molecule has 0 unspecified atom stereocenters. The largest absolute Gasteiger partial charge is 0.326 e. The molecule has 2 aromatic heterocycles. The monoisotopic (exact) mass is 343 g/mol. The molecule has 0 saturated carbocycles. The van der Waals surface area contributed by atoms with Crippen LogP contribution in [0.5, 0.6) is 0 Å². The maximum atomic E-state index is 12.0. The number of nitrogens with one attached hydrogen (secondary N) is 1. The smallest absolute Gasteiger partial charge is 0.224 e. The summed E-state index contributed by atoms with van der Waals surface area (Å²) < 4.78 is 0. The molecule has 23 heavy (non-hydrogen) atoms. The third-order valence-corrected chi connectivity index (χ3v) is 4.37. The Bertz CT molecular complexity index is 804. The minimum atomic E-state index is -0.0503. The van der Waals surface area contributed by atoms with Crippen LogP contribution in [0, 0.1) is 0 Å². The Hall–Kier alpha value is -2.24. The van der Waals surface area contributed by atoms with Gasteiger partial charge in [-0.1, -0.05) is 17.7 Å². The zero-order chi connectivity index (χ0) is 16.1. The fraction of sp³-hybridized carbons (Fsp3) is 0.118. The summed E-state index contributed by atoms with van der Waals surface area (Å²) in [5, 5.41) is 6.37. The van der Waals surface area contributed by atoms with Crippen molar-refractivity contribution in [2.75, 3.05) is 5.32 Å². The van der Waals surface area contributed by atoms with E-state index in [0.717, 1.165) is 16.3 Å². The van der Waals surface area contributed by atoms with Crippen LogP contribution in [0.25, 0.3) is 10.6 Å². The molecule has 4 nitrogen and oxygen atoms in total. The SMILES string of the molecule is O=C(CCc1csc(-c2ccncc2)n1)Nc1cccc(Cl)c1. The van der Waals surface area contributed by atoms with E-state index >= 15 is 0 Å². The second-order valence-electron chi connectivity index (χ2n) is 4.94. The van der Waals surface area contributed by atoms with Gasteiger partial charge in [0.05, 0.1) is 5.69 Å². The van der Waals surface area contributed by atoms with E-state index in [2.05, 4.69) is 15.3 Å². The van der Waals surface area contributed by atoms with E-state index in [1.165, 1.54) is 0 Å². The summed E-state index contributed by atoms with van der Waals surface area (Å²) in [5.74, 6) is -0.0503. The first-order chi connectivity index (χ1) is 11.2. The summed E-state index contributed by atoms with van der Waals surface area (Å²) in [7, 11) is 0. The van der Waals surface area contributed by atoms with Gasteiger partial charge in [-0.15, -0.1) is 11.3 Å². The van der Waals surface area contributed by atoms with Gasteiger partial charge >= 0.3 is 0 Å². The summed E-state index contributed by atoms with van der Waals surface area (Å²) >= 11 is 7.47. The van der Waals surface area contributed by atoms with Crippen LogP contribution in [0.1, 0.15) is 12.1 Å². The fourth-order valence-corrected chi connectivity index (χ4v) is 3.13. The van der Waals surface area contributed by atoms with Crippen LogP contribution in [-0.2, 0) is 11.2 Å². The van der Waals surface area contributed by atoms with Crippen LogP contribution < -0.4 is 5.32 Å². The van der Waals surface area contributed by atoms with E-state index in [4.69, 9.17) is 11.6 Å². The van der Waals surface area contributed by atoms with Gasteiger partial charge in [0.25, 0.3) is 0 Å². The molecule has 0 atom stereocenters. The second-order valence-corrected chi connectivity index (χ2v) is 6.23. The highest BCUT2D eigenvalue weighted by Gasteiger charge is 2.08. The molecule has 3 rings (SSSR count). The number of hydrogen-bond acceptors (Lipinski definition) is 4. The first-order valence-electron chi connectivity index (χ1n) is 7.11. The highest BCUT2D eigenvalue weighted by molar-refractivity contribution is 7.13. The lowest BCUT2D eigenvalue weighted by atomic mass is 10.2. The zero-order valence-electron chi connectivity index (χ0n) is 12.2. The molecule has 2 heterocycles. The quantitative estimate of drug-likeness (QED) is 0.745. The molecule has 0 spiro atoms. The molecule has 116 valence electrons. The van der Waals surface area contributed by atoms with E-state index in [9.17, 15) is 4.79 Å². The van der Waals surface area contributed by atoms with Gasteiger partial charge in [0.2, 0.25) is 5.91 Å². The van der Waals surface area contributed by atoms with Crippen LogP contribution >= 0.6 is 22.9 Å². The molecule has 6 heteroatoms. The molecule has 1 aromatic carbocycles. The number of anilines is 1. The highest BCUT2D eigenvalue weighted by atomic mass is 35.5. The molecule has 0 fully saturated rings. The van der Waals surface area contributed by atoms with Crippen molar-refractivity contribution in [3.05, 3.63) is 64.9 Å². The molecule has 0 aliphatic rings. The molecule has 0 saturated heterocycles. The highest BCUT2D eigenvalue weighted by Crippen LogP contribution is 2.23. The number of nitrogens with zero attached hydrogens (tertiary/aromatic N) is 2. The summed E-state index contributed by atoms with van der Waals surface area (Å²) in [6.07, 6.45) is 4.48. The van der Waals surface area contributed by atoms with Gasteiger partial charge in [-0.25, -0.2) is 4.98 Å². The topological polar surface area (TPSA) is 54.9 Å². The van der Waals surface area contributed by atoms with Gasteiger partial charge in [0.1, 0.15) is 5.01 Å². The molecule has 3 aromatic rings. The molecular weight excluding hydrogens is 330 g/mol. The predicted molar refractivity (Wildman–Crippen MR) is 93.7 cm³/mol. The fourth-order valence-electron chi connectivity index (χ4n) is 2.08. The third-order valence-electron chi connectivity index (χ3n) is 3.20. The number of hydrogen-bond donors (Lipinski definition) is 1. The molecule has 0 aliphatic heterocycles. The molecule has 1 N–H and O–H groups in total. The Labute approximate surface area is 143 Å². The lowest BCUT2D eigenvalue weighted by molar-refractivity contribution is -0.116. The lowest BCUT2D eigenvalue weighted by Crippen LogP contribution is -2.12. The first-order valence-corrected chi connectivity index (χ1v) is 8.37. The van der Waals surface area contributed by atoms with Gasteiger partial charge in [0, 0.05) is 40.5 Å². The Morgan fingerprint density at radius 3 is 2.83 bits per heavy atom. The predicted octanol–water partition coefficient (Wildman–Crippen LogP) is 4.43. The number of carbonyl (C=O) groups is 1. The van der Waals surface area contributed by atoms with Crippen molar-refractivity contribution in [2.24, 2.45) is 0 Å². The minimum absolute atomic E-state index is 0.0503. The van der Waals surface area contributed by atoms with Gasteiger partial charge in [-0.2, -0.15) is 0 Å². The van der Waals surface area contributed by atoms with Crippen molar-refractivity contribution in [3.63, 3.8) is 0 Å². The van der Waals surface area contributed by atoms with Crippen LogP contribution in [0.4, 0.5) is 5.69 Å². The van der Waals surface area contributed by atoms with Crippen molar-refractivity contribution in [1.29, 1.82) is 0 Å². The third kappa shape index (κ3) is 4.37. The number of aromatic nitrogens is 2. The van der Waals surface area contributed by atoms with Gasteiger partial charge in [-0.3, -0.25) is 9.78 Å². The standard InChI is InChI=1S/C17H14ClN3OS/c18-13-2-1-3-14(10-13)20-16(22)5-4-15-11-23-17(21-15)12-6-8-19-9-7-12/h1-3,6-11H,4-5H2,(H,20,22). The van der Waals surface area contributed by atoms with E-state index in [-0.39, 0.29) is 5.91 Å². The average Bonchev–Trinajstić information content (AvgIpc) is 3.03. The number of benzene rings is 1. The molecule has 0 aliphatic carbocycles. The number of carbonyl (C=O) groups excluding carboxylic acids is 1. The van der Waals surface area contributed by atoms with Crippen LogP contribution in [0.3, 0.4) is 0 Å². The van der Waals surface area contributed by atoms with Crippen molar-refractivity contribution in [2.45, 2.75) is 12.8 Å². The van der Waals surface area contributed by atoms with Crippen LogP contribution in [-0.4, -0.2) is 15.9 Å². The van der Waals surface area contributed by atoms with E-state index in [1.807, 2.05) is 23.6 Å². The Balaban J connectivity index is 1.56. The van der Waals surface area contributed by atoms with Crippen molar-refractivity contribution < 1.29 is 4.79 Å². The van der Waals surface area contributed by atoms with Gasteiger partial charge in [-0.05, 0) is 36.8 Å². The van der Waals surface area contributed by atoms with Crippen LogP contribution in [0.15, 0.2) is 54.2 Å². The summed E-state index contributed by atoms with van der Waals surface area (Å²) in [4.78, 5) is 20.5. The molecule has 0 bridgehead atoms. The molecule has 0 radical (unpaired) electrons. The lowest BCUT2D eigenvalue weighted by Gasteiger charge is -2.04. The normalized spacial score (nSPS) is 10.5. The second kappa shape index (κ2) is 7.35. The minimum Gasteiger partial charge on any atom is -0.326 e. The van der Waals surface area contributed by atoms with E-state index < -0.39 is 0 Å². The Morgan fingerprint density at radius 2 is 2.04 bits per heavy atom. The maximum Gasteiger partial charge on any atom is 0.224 e. The number of rotatable bonds is 5. The first kappa shape index (κ1) is 15.6. The number of aryl methyl sites for hydroxylation is 1. The van der Waals surface area contributed by atoms with Crippen molar-refractivity contribution in [1.82, 2.24) is 9.97 Å². The molecule has 1 amide bonds. The summed E-state index contributed by atoms with van der Waals surface area (Å²) in [6, 6.07) is 11.0. The summed E-state index contributed by atoms with van der Waals surface area (Å²) in [5.41, 5.74) is 2.67. The number of halogens is 1. The van der Waals surface area contributed by atoms with Gasteiger partial charge in [0.15, 0.2) is 0 Å². The maximum absolute atomic E-state index is 12.0. The summed E-state index contributed by atoms with van der Waals surface area (Å²) in [6.45, 7) is 0. The Kier molecular flexibility index (Phi) is 5.00. The number of amides is 1. The zero-order valence-corrected chi connectivity index (χ0v) is 13.8. The van der Waals surface area contributed by atoms with Crippen molar-refractivity contribution in [3.8, 4) is 10.6 Å². The van der Waals surface area contributed by atoms with E-state index in [0.29, 0.717) is 23.6 Å². The van der Waals surface area contributed by atoms with Crippen LogP contribution in [0.2, 0.25) is 5.02 Å². The molecular formula is C17H14ClN3OS. The number of thiazole rings is 1. The van der Waals surface area contributed by atoms with Gasteiger partial charge < -0.3 is 5.32 Å². The number of pyridine rings is 1.